The molecule has 0 aliphatic heterocycles. The monoisotopic (exact) mass is 263 g/mol. The summed E-state index contributed by atoms with van der Waals surface area (Å²) in [5, 5.41) is 7.44. The molecule has 18 heavy (non-hydrogen) atoms. The number of nitrogens with zero attached hydrogens (tertiary/aromatic N) is 5. The van der Waals surface area contributed by atoms with Gasteiger partial charge >= 0.3 is 10.0 Å². The van der Waals surface area contributed by atoms with E-state index in [0.29, 0.717) is 11.0 Å². The summed E-state index contributed by atoms with van der Waals surface area (Å²) < 4.78 is 27.1. The van der Waals surface area contributed by atoms with Crippen LogP contribution in [-0.2, 0) is 17.1 Å². The Labute approximate surface area is 103 Å². The maximum atomic E-state index is 12.4. The van der Waals surface area contributed by atoms with Crippen LogP contribution in [0.15, 0.2) is 41.8 Å². The molecule has 3 aromatic rings. The lowest BCUT2D eigenvalue weighted by Gasteiger charge is -2.03. The first-order valence-corrected chi connectivity index (χ1v) is 6.58. The maximum Gasteiger partial charge on any atom is 0.318 e. The highest BCUT2D eigenvalue weighted by molar-refractivity contribution is 7.89. The number of hydrogen-bond acceptors (Lipinski definition) is 5. The van der Waals surface area contributed by atoms with Crippen molar-refractivity contribution in [3.05, 3.63) is 36.7 Å². The molecule has 7 nitrogen and oxygen atoms in total. The molecule has 0 N–H and O–H groups in total. The second-order valence-corrected chi connectivity index (χ2v) is 5.41. The van der Waals surface area contributed by atoms with Gasteiger partial charge in [0.05, 0.1) is 0 Å². The minimum atomic E-state index is -3.81. The summed E-state index contributed by atoms with van der Waals surface area (Å²) in [5.74, 6) is 0. The van der Waals surface area contributed by atoms with Gasteiger partial charge in [-0.15, -0.1) is 9.19 Å². The first-order chi connectivity index (χ1) is 8.60. The van der Waals surface area contributed by atoms with Crippen LogP contribution >= 0.6 is 0 Å². The van der Waals surface area contributed by atoms with Crippen LogP contribution in [0.1, 0.15) is 0 Å². The summed E-state index contributed by atoms with van der Waals surface area (Å²) in [5.41, 5.74) is 0.954. The van der Waals surface area contributed by atoms with Gasteiger partial charge < -0.3 is 4.57 Å². The van der Waals surface area contributed by atoms with Crippen LogP contribution in [0.3, 0.4) is 0 Å². The predicted octanol–water partition coefficient (Wildman–Crippen LogP) is 0.402. The molecule has 8 heteroatoms. The van der Waals surface area contributed by atoms with E-state index in [0.717, 1.165) is 4.09 Å². The lowest BCUT2D eigenvalue weighted by molar-refractivity contribution is 0.562. The van der Waals surface area contributed by atoms with Gasteiger partial charge in [-0.2, -0.15) is 8.42 Å². The van der Waals surface area contributed by atoms with Gasteiger partial charge in [-0.25, -0.2) is 4.98 Å². The van der Waals surface area contributed by atoms with E-state index in [1.165, 1.54) is 10.8 Å². The number of aryl methyl sites for hydroxylation is 1. The fourth-order valence-corrected chi connectivity index (χ4v) is 3.02. The number of para-hydroxylation sites is 1. The standard InChI is InChI=1S/C10H9N5O2S/c1-14-7-6-11-10(14)18(16,17)15-9-5-3-2-4-8(9)12-13-15/h2-7H,1H3. The molecule has 0 unspecified atom stereocenters. The number of imidazole rings is 1. The van der Waals surface area contributed by atoms with Gasteiger partial charge in [0.2, 0.25) is 0 Å². The Morgan fingerprint density at radius 2 is 2.00 bits per heavy atom. The van der Waals surface area contributed by atoms with Crippen LogP contribution < -0.4 is 0 Å². The molecule has 0 saturated carbocycles. The third-order valence-electron chi connectivity index (χ3n) is 2.56. The molecule has 0 aliphatic rings. The van der Waals surface area contributed by atoms with E-state index in [9.17, 15) is 8.42 Å². The third-order valence-corrected chi connectivity index (χ3v) is 4.14. The summed E-state index contributed by atoms with van der Waals surface area (Å²) in [6.45, 7) is 0. The van der Waals surface area contributed by atoms with Crippen molar-refractivity contribution in [3.8, 4) is 0 Å². The Balaban J connectivity index is 2.30. The molecule has 0 saturated heterocycles. The molecule has 2 aromatic heterocycles. The Bertz CT molecular complexity index is 818. The first kappa shape index (κ1) is 10.9. The van der Waals surface area contributed by atoms with Crippen molar-refractivity contribution in [3.63, 3.8) is 0 Å². The minimum absolute atomic E-state index is 0.0712. The van der Waals surface area contributed by atoms with E-state index in [1.54, 1.807) is 37.5 Å². The first-order valence-electron chi connectivity index (χ1n) is 5.14. The summed E-state index contributed by atoms with van der Waals surface area (Å²) in [7, 11) is -2.20. The van der Waals surface area contributed by atoms with Crippen molar-refractivity contribution >= 4 is 21.1 Å². The van der Waals surface area contributed by atoms with Gasteiger partial charge in [-0.3, -0.25) is 0 Å². The summed E-state index contributed by atoms with van der Waals surface area (Å²) in [6.07, 6.45) is 2.98. The number of rotatable bonds is 2. The maximum absolute atomic E-state index is 12.4. The molecule has 0 bridgehead atoms. The van der Waals surface area contributed by atoms with Crippen LogP contribution in [0.2, 0.25) is 0 Å². The van der Waals surface area contributed by atoms with Crippen molar-refractivity contribution in [2.75, 3.05) is 0 Å². The Hall–Kier alpha value is -2.22. The smallest absolute Gasteiger partial charge is 0.318 e. The minimum Gasteiger partial charge on any atom is -0.323 e. The van der Waals surface area contributed by atoms with Crippen LogP contribution in [0, 0.1) is 0 Å². The van der Waals surface area contributed by atoms with Crippen molar-refractivity contribution in [1.82, 2.24) is 24.0 Å². The molecule has 3 rings (SSSR count). The highest BCUT2D eigenvalue weighted by Gasteiger charge is 2.25. The molecule has 2 heterocycles. The van der Waals surface area contributed by atoms with Crippen molar-refractivity contribution < 1.29 is 8.42 Å². The van der Waals surface area contributed by atoms with Gasteiger partial charge in [-0.1, -0.05) is 17.3 Å². The largest absolute Gasteiger partial charge is 0.323 e. The Kier molecular flexibility index (Phi) is 2.20. The molecule has 1 aromatic carbocycles. The highest BCUT2D eigenvalue weighted by Crippen LogP contribution is 2.16. The molecule has 0 amide bonds. The van der Waals surface area contributed by atoms with Crippen LogP contribution in [-0.4, -0.2) is 32.4 Å². The van der Waals surface area contributed by atoms with Gasteiger partial charge in [-0.05, 0) is 12.1 Å². The van der Waals surface area contributed by atoms with Crippen LogP contribution in [0.5, 0.6) is 0 Å². The fourth-order valence-electron chi connectivity index (χ4n) is 1.70. The SMILES string of the molecule is Cn1ccnc1S(=O)(=O)n1nnc2ccccc21. The van der Waals surface area contributed by atoms with Gasteiger partial charge in [0.25, 0.3) is 5.16 Å². The average molecular weight is 263 g/mol. The van der Waals surface area contributed by atoms with Gasteiger partial charge in [0, 0.05) is 19.4 Å². The molecule has 0 radical (unpaired) electrons. The van der Waals surface area contributed by atoms with Crippen molar-refractivity contribution in [2.45, 2.75) is 5.16 Å². The number of hydrogen-bond donors (Lipinski definition) is 0. The Morgan fingerprint density at radius 3 is 2.72 bits per heavy atom. The topological polar surface area (TPSA) is 82.7 Å². The molecular formula is C10H9N5O2S. The lowest BCUT2D eigenvalue weighted by Crippen LogP contribution is -2.18. The number of fused-ring (bicyclic) bond motifs is 1. The molecule has 0 spiro atoms. The normalized spacial score (nSPS) is 12.1. The zero-order chi connectivity index (χ0) is 12.8. The molecule has 0 fully saturated rings. The zero-order valence-corrected chi connectivity index (χ0v) is 10.2. The van der Waals surface area contributed by atoms with Crippen molar-refractivity contribution in [2.24, 2.45) is 7.05 Å². The van der Waals surface area contributed by atoms with E-state index < -0.39 is 10.0 Å². The van der Waals surface area contributed by atoms with E-state index in [2.05, 4.69) is 15.3 Å². The van der Waals surface area contributed by atoms with E-state index in [4.69, 9.17) is 0 Å². The summed E-state index contributed by atoms with van der Waals surface area (Å²) >= 11 is 0. The van der Waals surface area contributed by atoms with E-state index in [-0.39, 0.29) is 5.16 Å². The Morgan fingerprint density at radius 1 is 1.22 bits per heavy atom. The van der Waals surface area contributed by atoms with Crippen LogP contribution in [0.4, 0.5) is 0 Å². The van der Waals surface area contributed by atoms with Crippen molar-refractivity contribution in [1.29, 1.82) is 0 Å². The van der Waals surface area contributed by atoms with Gasteiger partial charge in [0.1, 0.15) is 11.0 Å². The molecule has 0 aliphatic carbocycles. The number of aromatic nitrogens is 5. The summed E-state index contributed by atoms with van der Waals surface area (Å²) in [6, 6.07) is 6.85. The van der Waals surface area contributed by atoms with E-state index >= 15 is 0 Å². The third kappa shape index (κ3) is 1.42. The molecule has 0 atom stereocenters. The van der Waals surface area contributed by atoms with E-state index in [1.807, 2.05) is 0 Å². The zero-order valence-electron chi connectivity index (χ0n) is 9.42. The highest BCUT2D eigenvalue weighted by atomic mass is 32.2. The summed E-state index contributed by atoms with van der Waals surface area (Å²) in [4.78, 5) is 3.84. The average Bonchev–Trinajstić information content (AvgIpc) is 2.95. The van der Waals surface area contributed by atoms with Gasteiger partial charge in [0.15, 0.2) is 0 Å². The lowest BCUT2D eigenvalue weighted by atomic mass is 10.3. The molecular weight excluding hydrogens is 254 g/mol. The fraction of sp³-hybridized carbons (Fsp3) is 0.100. The molecule has 92 valence electrons. The van der Waals surface area contributed by atoms with Crippen LogP contribution in [0.25, 0.3) is 11.0 Å². The second-order valence-electron chi connectivity index (χ2n) is 3.75. The second kappa shape index (κ2) is 3.64. The number of benzene rings is 1. The quantitative estimate of drug-likeness (QED) is 0.668. The predicted molar refractivity (Wildman–Crippen MR) is 63.3 cm³/mol.